The molecule has 3 aromatic rings. The maximum Gasteiger partial charge on any atom is 0.276 e. The number of hydrogen-bond acceptors (Lipinski definition) is 5. The minimum Gasteiger partial charge on any atom is -0.391 e. The number of carbonyl (C=O) groups excluding carboxylic acids is 2. The van der Waals surface area contributed by atoms with E-state index in [0.717, 1.165) is 6.42 Å². The highest BCUT2D eigenvalue weighted by molar-refractivity contribution is 6.11. The largest absolute Gasteiger partial charge is 0.391 e. The van der Waals surface area contributed by atoms with Gasteiger partial charge in [-0.15, -0.1) is 0 Å². The van der Waals surface area contributed by atoms with Crippen LogP contribution in [0.1, 0.15) is 33.7 Å². The molecule has 4 rings (SSSR count). The van der Waals surface area contributed by atoms with Crippen LogP contribution in [0, 0.1) is 0 Å². The Morgan fingerprint density at radius 3 is 2.72 bits per heavy atom. The Labute approximate surface area is 166 Å². The molecule has 2 amide bonds. The maximum absolute atomic E-state index is 12.7. The molecule has 0 spiro atoms. The molecule has 3 N–H and O–H groups in total. The molecule has 8 heteroatoms. The zero-order valence-electron chi connectivity index (χ0n) is 15.6. The molecule has 0 saturated carbocycles. The van der Waals surface area contributed by atoms with E-state index in [2.05, 4.69) is 15.5 Å². The van der Waals surface area contributed by atoms with Gasteiger partial charge in [0.2, 0.25) is 0 Å². The van der Waals surface area contributed by atoms with E-state index in [9.17, 15) is 19.5 Å². The van der Waals surface area contributed by atoms with E-state index in [4.69, 9.17) is 0 Å². The lowest BCUT2D eigenvalue weighted by Crippen LogP contribution is -2.42. The van der Waals surface area contributed by atoms with Crippen LogP contribution >= 0.6 is 0 Å². The van der Waals surface area contributed by atoms with E-state index < -0.39 is 12.0 Å². The number of nitrogens with zero attached hydrogens (tertiary/aromatic N) is 2. The molecule has 1 aromatic heterocycles. The lowest BCUT2D eigenvalue weighted by molar-refractivity contribution is 0.0474. The average Bonchev–Trinajstić information content (AvgIpc) is 2.74. The molecule has 8 nitrogen and oxygen atoms in total. The third-order valence-corrected chi connectivity index (χ3v) is 4.96. The summed E-state index contributed by atoms with van der Waals surface area (Å²) in [7, 11) is 0. The van der Waals surface area contributed by atoms with Gasteiger partial charge in [-0.25, -0.2) is 5.10 Å². The molecular formula is C21H20N4O4. The van der Waals surface area contributed by atoms with Gasteiger partial charge in [-0.1, -0.05) is 24.3 Å². The van der Waals surface area contributed by atoms with Crippen molar-refractivity contribution in [1.82, 2.24) is 15.1 Å². The predicted molar refractivity (Wildman–Crippen MR) is 108 cm³/mol. The number of carbonyl (C=O) groups is 2. The number of aliphatic hydroxyl groups is 1. The molecule has 1 atom stereocenters. The van der Waals surface area contributed by atoms with Crippen molar-refractivity contribution < 1.29 is 14.7 Å². The SMILES string of the molecule is O=C(Nc1cccc(C(=O)N2CCCC(O)C2)c1)c1n[nH]c(=O)c2ccccc12. The zero-order valence-corrected chi connectivity index (χ0v) is 15.6. The summed E-state index contributed by atoms with van der Waals surface area (Å²) in [4.78, 5) is 39.0. The molecule has 2 heterocycles. The molecule has 1 aliphatic heterocycles. The number of β-amino-alcohol motifs (C(OH)–C–C–N with tert-alkyl or cyclic N) is 1. The van der Waals surface area contributed by atoms with Crippen LogP contribution in [0.4, 0.5) is 5.69 Å². The van der Waals surface area contributed by atoms with Gasteiger partial charge in [-0.05, 0) is 37.1 Å². The lowest BCUT2D eigenvalue weighted by atomic mass is 10.1. The van der Waals surface area contributed by atoms with Gasteiger partial charge in [0.1, 0.15) is 0 Å². The van der Waals surface area contributed by atoms with Crippen molar-refractivity contribution in [2.45, 2.75) is 18.9 Å². The topological polar surface area (TPSA) is 115 Å². The zero-order chi connectivity index (χ0) is 20.4. The van der Waals surface area contributed by atoms with Gasteiger partial charge in [-0.2, -0.15) is 5.10 Å². The molecule has 2 aromatic carbocycles. The van der Waals surface area contributed by atoms with Crippen molar-refractivity contribution in [3.05, 3.63) is 70.1 Å². The number of aliphatic hydroxyl groups excluding tert-OH is 1. The molecule has 0 radical (unpaired) electrons. The first-order chi connectivity index (χ1) is 14.0. The number of rotatable bonds is 3. The van der Waals surface area contributed by atoms with Gasteiger partial charge >= 0.3 is 0 Å². The number of amides is 2. The fraction of sp³-hybridized carbons (Fsp3) is 0.238. The van der Waals surface area contributed by atoms with Crippen LogP contribution in [0.25, 0.3) is 10.8 Å². The van der Waals surface area contributed by atoms with Gasteiger partial charge in [-0.3, -0.25) is 14.4 Å². The van der Waals surface area contributed by atoms with E-state index in [-0.39, 0.29) is 17.2 Å². The number of aromatic amines is 1. The first-order valence-corrected chi connectivity index (χ1v) is 9.39. The molecule has 0 bridgehead atoms. The summed E-state index contributed by atoms with van der Waals surface area (Å²) in [5, 5.41) is 19.6. The second-order valence-corrected chi connectivity index (χ2v) is 7.03. The molecule has 1 aliphatic rings. The number of anilines is 1. The molecule has 1 fully saturated rings. The van der Waals surface area contributed by atoms with Crippen LogP contribution in [-0.4, -0.2) is 51.2 Å². The number of likely N-dealkylation sites (tertiary alicyclic amines) is 1. The second-order valence-electron chi connectivity index (χ2n) is 7.03. The van der Waals surface area contributed by atoms with Crippen molar-refractivity contribution in [3.63, 3.8) is 0 Å². The Hall–Kier alpha value is -3.52. The Balaban J connectivity index is 1.57. The first kappa shape index (κ1) is 18.8. The highest BCUT2D eigenvalue weighted by Crippen LogP contribution is 2.18. The number of benzene rings is 2. The quantitative estimate of drug-likeness (QED) is 0.628. The monoisotopic (exact) mass is 392 g/mol. The van der Waals surface area contributed by atoms with E-state index in [0.29, 0.717) is 41.5 Å². The van der Waals surface area contributed by atoms with Crippen molar-refractivity contribution in [2.24, 2.45) is 0 Å². The van der Waals surface area contributed by atoms with Crippen LogP contribution in [-0.2, 0) is 0 Å². The Morgan fingerprint density at radius 2 is 1.93 bits per heavy atom. The van der Waals surface area contributed by atoms with Gasteiger partial charge in [0.25, 0.3) is 17.4 Å². The third-order valence-electron chi connectivity index (χ3n) is 4.96. The molecule has 1 unspecified atom stereocenters. The van der Waals surface area contributed by atoms with Crippen molar-refractivity contribution in [1.29, 1.82) is 0 Å². The van der Waals surface area contributed by atoms with Gasteiger partial charge in [0.05, 0.1) is 11.5 Å². The van der Waals surface area contributed by atoms with E-state index >= 15 is 0 Å². The van der Waals surface area contributed by atoms with Crippen molar-refractivity contribution in [2.75, 3.05) is 18.4 Å². The highest BCUT2D eigenvalue weighted by atomic mass is 16.3. The lowest BCUT2D eigenvalue weighted by Gasteiger charge is -2.30. The standard InChI is InChI=1S/C21H20N4O4/c26-15-7-4-10-25(12-15)21(29)13-5-3-6-14(11-13)22-20(28)18-16-8-1-2-9-17(16)19(27)24-23-18/h1-3,5-6,8-9,11,15,26H,4,7,10,12H2,(H,22,28)(H,24,27). The molecule has 148 valence electrons. The first-order valence-electron chi connectivity index (χ1n) is 9.39. The molecule has 0 aliphatic carbocycles. The number of piperidine rings is 1. The Kier molecular flexibility index (Phi) is 5.09. The summed E-state index contributed by atoms with van der Waals surface area (Å²) in [6.07, 6.45) is 0.948. The van der Waals surface area contributed by atoms with E-state index in [1.807, 2.05) is 0 Å². The van der Waals surface area contributed by atoms with Crippen LogP contribution in [0.5, 0.6) is 0 Å². The van der Waals surface area contributed by atoms with Gasteiger partial charge < -0.3 is 15.3 Å². The molecule has 1 saturated heterocycles. The maximum atomic E-state index is 12.7. The smallest absolute Gasteiger partial charge is 0.276 e. The van der Waals surface area contributed by atoms with Gasteiger partial charge in [0, 0.05) is 29.7 Å². The minimum absolute atomic E-state index is 0.0936. The van der Waals surface area contributed by atoms with E-state index in [1.54, 1.807) is 53.4 Å². The summed E-state index contributed by atoms with van der Waals surface area (Å²) in [5.74, 6) is -0.678. The predicted octanol–water partition coefficient (Wildman–Crippen LogP) is 1.77. The second kappa shape index (κ2) is 7.84. The summed E-state index contributed by atoms with van der Waals surface area (Å²) in [6.45, 7) is 0.905. The number of fused-ring (bicyclic) bond motifs is 1. The van der Waals surface area contributed by atoms with Crippen molar-refractivity contribution >= 4 is 28.3 Å². The normalized spacial score (nSPS) is 16.6. The van der Waals surface area contributed by atoms with E-state index in [1.165, 1.54) is 0 Å². The van der Waals surface area contributed by atoms with Crippen LogP contribution in [0.15, 0.2) is 53.3 Å². The molecular weight excluding hydrogens is 372 g/mol. The van der Waals surface area contributed by atoms with Crippen LogP contribution in [0.2, 0.25) is 0 Å². The summed E-state index contributed by atoms with van der Waals surface area (Å²) in [5.41, 5.74) is 0.594. The fourth-order valence-corrected chi connectivity index (χ4v) is 3.53. The van der Waals surface area contributed by atoms with Gasteiger partial charge in [0.15, 0.2) is 5.69 Å². The minimum atomic E-state index is -0.504. The third kappa shape index (κ3) is 3.88. The number of nitrogens with one attached hydrogen (secondary N) is 2. The van der Waals surface area contributed by atoms with Crippen molar-refractivity contribution in [3.8, 4) is 0 Å². The fourth-order valence-electron chi connectivity index (χ4n) is 3.53. The Morgan fingerprint density at radius 1 is 1.14 bits per heavy atom. The average molecular weight is 392 g/mol. The van der Waals surface area contributed by atoms with Crippen LogP contribution in [0.3, 0.4) is 0 Å². The summed E-state index contributed by atoms with van der Waals surface area (Å²) < 4.78 is 0. The summed E-state index contributed by atoms with van der Waals surface area (Å²) >= 11 is 0. The molecule has 29 heavy (non-hydrogen) atoms. The number of aromatic nitrogens is 2. The number of hydrogen-bond donors (Lipinski definition) is 3. The Bertz CT molecular complexity index is 1140. The van der Waals surface area contributed by atoms with Crippen LogP contribution < -0.4 is 10.9 Å². The number of H-pyrrole nitrogens is 1. The highest BCUT2D eigenvalue weighted by Gasteiger charge is 2.23. The summed E-state index contributed by atoms with van der Waals surface area (Å²) in [6, 6.07) is 13.3.